The number of nitrogens with zero attached hydrogens (tertiary/aromatic N) is 2. The summed E-state index contributed by atoms with van der Waals surface area (Å²) >= 11 is 0. The molecule has 2 heterocycles. The predicted octanol–water partition coefficient (Wildman–Crippen LogP) is 1.34. The maximum Gasteiger partial charge on any atom is 0.306 e. The Bertz CT molecular complexity index is 950. The van der Waals surface area contributed by atoms with E-state index in [1.165, 1.54) is 4.90 Å². The molecule has 0 bridgehead atoms. The Kier molecular flexibility index (Phi) is 5.70. The lowest BCUT2D eigenvalue weighted by Gasteiger charge is -2.28. The van der Waals surface area contributed by atoms with Crippen molar-refractivity contribution in [3.05, 3.63) is 53.9 Å². The normalized spacial score (nSPS) is 14.0. The molecule has 0 radical (unpaired) electrons. The first-order chi connectivity index (χ1) is 13.5. The number of amides is 2. The van der Waals surface area contributed by atoms with Crippen LogP contribution in [0.15, 0.2) is 42.7 Å². The summed E-state index contributed by atoms with van der Waals surface area (Å²) in [5.74, 6) is 0.417. The average molecular weight is 377 g/mol. The first-order valence-corrected chi connectivity index (χ1v) is 8.78. The van der Waals surface area contributed by atoms with Crippen molar-refractivity contribution < 1.29 is 19.5 Å². The van der Waals surface area contributed by atoms with E-state index < -0.39 is 17.9 Å². The molecular formula is C21H19N3O4. The van der Waals surface area contributed by atoms with Crippen LogP contribution in [0.4, 0.5) is 0 Å². The van der Waals surface area contributed by atoms with Gasteiger partial charge in [0.15, 0.2) is 0 Å². The number of aromatic nitrogens is 1. The van der Waals surface area contributed by atoms with Gasteiger partial charge in [-0.3, -0.25) is 19.4 Å². The van der Waals surface area contributed by atoms with E-state index in [1.807, 2.05) is 30.3 Å². The van der Waals surface area contributed by atoms with E-state index in [4.69, 9.17) is 11.5 Å². The van der Waals surface area contributed by atoms with Crippen LogP contribution < -0.4 is 5.32 Å². The molecule has 7 heteroatoms. The van der Waals surface area contributed by atoms with Gasteiger partial charge in [0.05, 0.1) is 13.0 Å². The molecule has 7 nitrogen and oxygen atoms in total. The van der Waals surface area contributed by atoms with Crippen LogP contribution in [0.3, 0.4) is 0 Å². The number of hydrogen-bond acceptors (Lipinski definition) is 4. The quantitative estimate of drug-likeness (QED) is 0.740. The summed E-state index contributed by atoms with van der Waals surface area (Å²) in [7, 11) is 0. The number of pyridine rings is 1. The molecule has 2 amide bonds. The highest BCUT2D eigenvalue weighted by atomic mass is 16.4. The minimum Gasteiger partial charge on any atom is -0.481 e. The van der Waals surface area contributed by atoms with Crippen molar-refractivity contribution in [2.75, 3.05) is 13.1 Å². The minimum atomic E-state index is -1.10. The minimum absolute atomic E-state index is 0.171. The second-order valence-electron chi connectivity index (χ2n) is 6.47. The van der Waals surface area contributed by atoms with Crippen LogP contribution in [0.25, 0.3) is 11.1 Å². The maximum absolute atomic E-state index is 12.9. The number of carboxylic acids is 1. The Hall–Kier alpha value is -3.66. The van der Waals surface area contributed by atoms with E-state index >= 15 is 0 Å². The topological polar surface area (TPSA) is 99.6 Å². The van der Waals surface area contributed by atoms with Gasteiger partial charge in [0.1, 0.15) is 6.04 Å². The van der Waals surface area contributed by atoms with Gasteiger partial charge in [-0.05, 0) is 41.3 Å². The molecule has 0 saturated carbocycles. The summed E-state index contributed by atoms with van der Waals surface area (Å²) in [5, 5.41) is 11.3. The van der Waals surface area contributed by atoms with E-state index in [9.17, 15) is 14.4 Å². The molecule has 0 unspecified atom stereocenters. The molecule has 142 valence electrons. The standard InChI is InChI=1S/C21H19N3O4/c1-2-17(12-20(26)27)23-19(25)13-24-10-7-15-3-4-16(11-18(15)21(24)28)14-5-8-22-9-6-14/h1,3-6,8-9,11,17H,7,10,12-13H2,(H,23,25)(H,26,27)/t17-/m1/s1. The number of nitrogens with one attached hydrogen (secondary N) is 1. The Balaban J connectivity index is 1.72. The van der Waals surface area contributed by atoms with Crippen LogP contribution in [0.2, 0.25) is 0 Å². The van der Waals surface area contributed by atoms with Crippen molar-refractivity contribution >= 4 is 17.8 Å². The van der Waals surface area contributed by atoms with Crippen molar-refractivity contribution in [2.24, 2.45) is 0 Å². The predicted molar refractivity (Wildman–Crippen MR) is 102 cm³/mol. The molecule has 0 spiro atoms. The summed E-state index contributed by atoms with van der Waals surface area (Å²) in [6.07, 6.45) is 8.90. The van der Waals surface area contributed by atoms with E-state index in [2.05, 4.69) is 16.2 Å². The van der Waals surface area contributed by atoms with Gasteiger partial charge in [-0.1, -0.05) is 18.1 Å². The van der Waals surface area contributed by atoms with Gasteiger partial charge in [-0.25, -0.2) is 0 Å². The average Bonchev–Trinajstić information content (AvgIpc) is 2.69. The Labute approximate surface area is 162 Å². The van der Waals surface area contributed by atoms with Gasteiger partial charge in [0.25, 0.3) is 5.91 Å². The zero-order valence-corrected chi connectivity index (χ0v) is 15.1. The van der Waals surface area contributed by atoms with Crippen LogP contribution in [-0.2, 0) is 16.0 Å². The molecule has 1 aliphatic rings. The summed E-state index contributed by atoms with van der Waals surface area (Å²) in [6, 6.07) is 8.54. The van der Waals surface area contributed by atoms with Crippen LogP contribution in [0.1, 0.15) is 22.3 Å². The summed E-state index contributed by atoms with van der Waals surface area (Å²) in [5.41, 5.74) is 3.35. The second kappa shape index (κ2) is 8.35. The molecule has 28 heavy (non-hydrogen) atoms. The lowest BCUT2D eigenvalue weighted by molar-refractivity contribution is -0.137. The third-order valence-corrected chi connectivity index (χ3v) is 4.54. The van der Waals surface area contributed by atoms with Gasteiger partial charge in [0, 0.05) is 24.5 Å². The largest absolute Gasteiger partial charge is 0.481 e. The number of carbonyl (C=O) groups is 3. The van der Waals surface area contributed by atoms with Gasteiger partial charge >= 0.3 is 5.97 Å². The van der Waals surface area contributed by atoms with E-state index in [-0.39, 0.29) is 18.9 Å². The number of fused-ring (bicyclic) bond motifs is 1. The number of rotatable bonds is 6. The van der Waals surface area contributed by atoms with Crippen molar-refractivity contribution in [1.82, 2.24) is 15.2 Å². The molecule has 0 aliphatic carbocycles. The van der Waals surface area contributed by atoms with Gasteiger partial charge in [0.2, 0.25) is 5.91 Å². The summed E-state index contributed by atoms with van der Waals surface area (Å²) in [4.78, 5) is 41.3. The number of terminal acetylenes is 1. The number of carboxylic acid groups (broad SMARTS) is 1. The Morgan fingerprint density at radius 3 is 2.68 bits per heavy atom. The molecule has 1 aliphatic heterocycles. The van der Waals surface area contributed by atoms with Gasteiger partial charge in [-0.2, -0.15) is 0 Å². The van der Waals surface area contributed by atoms with Crippen molar-refractivity contribution in [1.29, 1.82) is 0 Å². The smallest absolute Gasteiger partial charge is 0.306 e. The molecule has 1 aromatic heterocycles. The first-order valence-electron chi connectivity index (χ1n) is 8.78. The zero-order valence-electron chi connectivity index (χ0n) is 15.1. The van der Waals surface area contributed by atoms with Crippen molar-refractivity contribution in [3.63, 3.8) is 0 Å². The number of benzene rings is 1. The highest BCUT2D eigenvalue weighted by Gasteiger charge is 2.27. The summed E-state index contributed by atoms with van der Waals surface area (Å²) < 4.78 is 0. The van der Waals surface area contributed by atoms with E-state index in [1.54, 1.807) is 12.4 Å². The third kappa shape index (κ3) is 4.35. The monoisotopic (exact) mass is 377 g/mol. The van der Waals surface area contributed by atoms with Crippen LogP contribution in [0.5, 0.6) is 0 Å². The first kappa shape index (κ1) is 19.1. The second-order valence-corrected chi connectivity index (χ2v) is 6.47. The molecule has 0 fully saturated rings. The number of carbonyl (C=O) groups excluding carboxylic acids is 2. The molecule has 2 aromatic rings. The molecular weight excluding hydrogens is 358 g/mol. The fourth-order valence-electron chi connectivity index (χ4n) is 3.14. The highest BCUT2D eigenvalue weighted by Crippen LogP contribution is 2.26. The molecule has 1 aromatic carbocycles. The number of aliphatic carboxylic acids is 1. The van der Waals surface area contributed by atoms with Gasteiger partial charge in [-0.15, -0.1) is 6.42 Å². The van der Waals surface area contributed by atoms with Crippen LogP contribution in [0, 0.1) is 12.3 Å². The van der Waals surface area contributed by atoms with Gasteiger partial charge < -0.3 is 15.3 Å². The summed E-state index contributed by atoms with van der Waals surface area (Å²) in [6.45, 7) is 0.239. The lowest BCUT2D eigenvalue weighted by Crippen LogP contribution is -2.46. The van der Waals surface area contributed by atoms with E-state index in [0.29, 0.717) is 18.5 Å². The third-order valence-electron chi connectivity index (χ3n) is 4.54. The van der Waals surface area contributed by atoms with Crippen LogP contribution in [-0.4, -0.2) is 51.9 Å². The fourth-order valence-corrected chi connectivity index (χ4v) is 3.14. The number of hydrogen-bond donors (Lipinski definition) is 2. The molecule has 2 N–H and O–H groups in total. The fraction of sp³-hybridized carbons (Fsp3) is 0.238. The zero-order chi connectivity index (χ0) is 20.1. The van der Waals surface area contributed by atoms with Crippen molar-refractivity contribution in [3.8, 4) is 23.5 Å². The molecule has 3 rings (SSSR count). The maximum atomic E-state index is 12.9. The van der Waals surface area contributed by atoms with Crippen molar-refractivity contribution in [2.45, 2.75) is 18.9 Å². The lowest BCUT2D eigenvalue weighted by atomic mass is 9.94. The highest BCUT2D eigenvalue weighted by molar-refractivity contribution is 5.99. The SMILES string of the molecule is C#C[C@H](CC(=O)O)NC(=O)CN1CCc2ccc(-c3ccncc3)cc2C1=O. The molecule has 0 saturated heterocycles. The Morgan fingerprint density at radius 1 is 1.25 bits per heavy atom. The van der Waals surface area contributed by atoms with Crippen LogP contribution >= 0.6 is 0 Å². The van der Waals surface area contributed by atoms with E-state index in [0.717, 1.165) is 16.7 Å². The Morgan fingerprint density at radius 2 is 2.00 bits per heavy atom. The molecule has 1 atom stereocenters.